The topological polar surface area (TPSA) is 47.0 Å². The first-order chi connectivity index (χ1) is 8.70. The lowest BCUT2D eigenvalue weighted by molar-refractivity contribution is -0.0494. The molecule has 0 atom stereocenters. The number of anilines is 1. The normalized spacial score (nSPS) is 10.4. The molecule has 0 saturated heterocycles. The third kappa shape index (κ3) is 2.71. The van der Waals surface area contributed by atoms with E-state index in [1.165, 1.54) is 6.07 Å². The summed E-state index contributed by atoms with van der Waals surface area (Å²) in [5, 5.41) is 2.79. The largest absolute Gasteiger partial charge is 0.434 e. The Hall–Kier alpha value is -2.24. The molecule has 0 aliphatic heterocycles. The summed E-state index contributed by atoms with van der Waals surface area (Å²) in [4.78, 5) is 8.15. The maximum absolute atomic E-state index is 12.3. The van der Waals surface area contributed by atoms with E-state index < -0.39 is 6.61 Å². The van der Waals surface area contributed by atoms with Gasteiger partial charge in [-0.25, -0.2) is 9.97 Å². The van der Waals surface area contributed by atoms with Gasteiger partial charge in [0.1, 0.15) is 5.75 Å². The van der Waals surface area contributed by atoms with Crippen molar-refractivity contribution < 1.29 is 13.5 Å². The third-order valence-electron chi connectivity index (χ3n) is 2.26. The van der Waals surface area contributed by atoms with E-state index in [4.69, 9.17) is 0 Å². The van der Waals surface area contributed by atoms with Gasteiger partial charge in [0.2, 0.25) is 5.95 Å². The molecule has 0 unspecified atom stereocenters. The first kappa shape index (κ1) is 12.2. The first-order valence-corrected chi connectivity index (χ1v) is 5.25. The van der Waals surface area contributed by atoms with Crippen LogP contribution in [0.3, 0.4) is 0 Å². The number of aromatic nitrogens is 2. The van der Waals surface area contributed by atoms with Crippen LogP contribution in [0.25, 0.3) is 11.3 Å². The molecule has 0 aliphatic carbocycles. The minimum absolute atomic E-state index is 0.0910. The van der Waals surface area contributed by atoms with Crippen molar-refractivity contribution in [3.63, 3.8) is 0 Å². The van der Waals surface area contributed by atoms with E-state index in [2.05, 4.69) is 20.0 Å². The molecule has 0 aliphatic rings. The molecule has 6 heteroatoms. The summed E-state index contributed by atoms with van der Waals surface area (Å²) < 4.78 is 29.0. The number of ether oxygens (including phenoxy) is 1. The van der Waals surface area contributed by atoms with Crippen LogP contribution in [0.2, 0.25) is 0 Å². The van der Waals surface area contributed by atoms with Gasteiger partial charge in [-0.05, 0) is 18.2 Å². The predicted octanol–water partition coefficient (Wildman–Crippen LogP) is 2.79. The highest BCUT2D eigenvalue weighted by Gasteiger charge is 2.11. The van der Waals surface area contributed by atoms with E-state index in [0.29, 0.717) is 17.2 Å². The smallest absolute Gasteiger partial charge is 0.387 e. The Morgan fingerprint density at radius 2 is 2.00 bits per heavy atom. The maximum atomic E-state index is 12.3. The zero-order chi connectivity index (χ0) is 13.0. The highest BCUT2D eigenvalue weighted by molar-refractivity contribution is 5.67. The average Bonchev–Trinajstić information content (AvgIpc) is 2.39. The van der Waals surface area contributed by atoms with Crippen molar-refractivity contribution in [2.75, 3.05) is 12.4 Å². The van der Waals surface area contributed by atoms with Crippen LogP contribution in [0.5, 0.6) is 5.75 Å². The summed E-state index contributed by atoms with van der Waals surface area (Å²) in [6.07, 6.45) is 1.55. The highest BCUT2D eigenvalue weighted by Crippen LogP contribution is 2.29. The van der Waals surface area contributed by atoms with Crippen LogP contribution in [-0.4, -0.2) is 23.6 Å². The van der Waals surface area contributed by atoms with Gasteiger partial charge in [-0.2, -0.15) is 8.78 Å². The van der Waals surface area contributed by atoms with Gasteiger partial charge in [-0.15, -0.1) is 0 Å². The first-order valence-electron chi connectivity index (χ1n) is 5.25. The van der Waals surface area contributed by atoms with Gasteiger partial charge >= 0.3 is 6.61 Å². The Morgan fingerprint density at radius 1 is 1.22 bits per heavy atom. The van der Waals surface area contributed by atoms with E-state index in [-0.39, 0.29) is 5.75 Å². The molecule has 18 heavy (non-hydrogen) atoms. The molecule has 1 heterocycles. The number of hydrogen-bond donors (Lipinski definition) is 1. The molecule has 4 nitrogen and oxygen atoms in total. The molecule has 2 rings (SSSR count). The summed E-state index contributed by atoms with van der Waals surface area (Å²) in [6, 6.07) is 8.13. The minimum Gasteiger partial charge on any atom is -0.434 e. The second kappa shape index (κ2) is 5.39. The van der Waals surface area contributed by atoms with Crippen LogP contribution in [0.4, 0.5) is 14.7 Å². The van der Waals surface area contributed by atoms with Gasteiger partial charge < -0.3 is 10.1 Å². The van der Waals surface area contributed by atoms with Gasteiger partial charge in [0, 0.05) is 18.8 Å². The molecule has 0 radical (unpaired) electrons. The van der Waals surface area contributed by atoms with Crippen LogP contribution in [0.15, 0.2) is 36.5 Å². The molecule has 0 amide bonds. The van der Waals surface area contributed by atoms with Crippen LogP contribution >= 0.6 is 0 Å². The quantitative estimate of drug-likeness (QED) is 0.907. The van der Waals surface area contributed by atoms with Crippen LogP contribution < -0.4 is 10.1 Å². The number of halogens is 2. The Balaban J connectivity index is 2.42. The predicted molar refractivity (Wildman–Crippen MR) is 63.6 cm³/mol. The van der Waals surface area contributed by atoms with Crippen molar-refractivity contribution in [1.29, 1.82) is 0 Å². The summed E-state index contributed by atoms with van der Waals surface area (Å²) in [5.74, 6) is 0.507. The lowest BCUT2D eigenvalue weighted by Crippen LogP contribution is -2.04. The van der Waals surface area contributed by atoms with Gasteiger partial charge in [-0.1, -0.05) is 12.1 Å². The minimum atomic E-state index is -2.86. The lowest BCUT2D eigenvalue weighted by atomic mass is 10.1. The van der Waals surface area contributed by atoms with Gasteiger partial charge in [0.15, 0.2) is 0 Å². The van der Waals surface area contributed by atoms with Crippen LogP contribution in [0.1, 0.15) is 0 Å². The van der Waals surface area contributed by atoms with Crippen molar-refractivity contribution in [3.8, 4) is 17.0 Å². The third-order valence-corrected chi connectivity index (χ3v) is 2.26. The van der Waals surface area contributed by atoms with Crippen molar-refractivity contribution >= 4 is 5.95 Å². The van der Waals surface area contributed by atoms with Gasteiger partial charge in [0.25, 0.3) is 0 Å². The lowest BCUT2D eigenvalue weighted by Gasteiger charge is -2.10. The molecule has 1 aromatic carbocycles. The number of nitrogens with one attached hydrogen (secondary N) is 1. The van der Waals surface area contributed by atoms with Crippen LogP contribution in [-0.2, 0) is 0 Å². The monoisotopic (exact) mass is 251 g/mol. The summed E-state index contributed by atoms with van der Waals surface area (Å²) in [5.41, 5.74) is 1.02. The SMILES string of the molecule is CNc1nccc(-c2ccccc2OC(F)F)n1. The van der Waals surface area contributed by atoms with Crippen molar-refractivity contribution in [2.45, 2.75) is 6.61 Å². The number of para-hydroxylation sites is 1. The van der Waals surface area contributed by atoms with E-state index in [0.717, 1.165) is 0 Å². The van der Waals surface area contributed by atoms with Crippen molar-refractivity contribution in [1.82, 2.24) is 9.97 Å². The zero-order valence-electron chi connectivity index (χ0n) is 9.60. The molecular formula is C12H11F2N3O. The second-order valence-electron chi connectivity index (χ2n) is 3.39. The molecule has 2 aromatic rings. The van der Waals surface area contributed by atoms with Crippen molar-refractivity contribution in [3.05, 3.63) is 36.5 Å². The zero-order valence-corrected chi connectivity index (χ0v) is 9.60. The number of benzene rings is 1. The van der Waals surface area contributed by atoms with Crippen molar-refractivity contribution in [2.24, 2.45) is 0 Å². The van der Waals surface area contributed by atoms with E-state index >= 15 is 0 Å². The Labute approximate surface area is 103 Å². The van der Waals surface area contributed by atoms with Gasteiger partial charge in [0.05, 0.1) is 5.69 Å². The molecular weight excluding hydrogens is 240 g/mol. The van der Waals surface area contributed by atoms with E-state index in [1.807, 2.05) is 0 Å². The fraction of sp³-hybridized carbons (Fsp3) is 0.167. The number of alkyl halides is 2. The fourth-order valence-corrected chi connectivity index (χ4v) is 1.51. The average molecular weight is 251 g/mol. The maximum Gasteiger partial charge on any atom is 0.387 e. The number of rotatable bonds is 4. The molecule has 0 saturated carbocycles. The van der Waals surface area contributed by atoms with Crippen LogP contribution in [0, 0.1) is 0 Å². The summed E-state index contributed by atoms with van der Waals surface area (Å²) in [7, 11) is 1.68. The van der Waals surface area contributed by atoms with E-state index in [9.17, 15) is 8.78 Å². The molecule has 0 fully saturated rings. The number of hydrogen-bond acceptors (Lipinski definition) is 4. The second-order valence-corrected chi connectivity index (χ2v) is 3.39. The molecule has 94 valence electrons. The van der Waals surface area contributed by atoms with E-state index in [1.54, 1.807) is 37.5 Å². The Kier molecular flexibility index (Phi) is 3.66. The molecule has 0 bridgehead atoms. The summed E-state index contributed by atoms with van der Waals surface area (Å²) >= 11 is 0. The molecule has 1 aromatic heterocycles. The Morgan fingerprint density at radius 3 is 2.72 bits per heavy atom. The van der Waals surface area contributed by atoms with Gasteiger partial charge in [-0.3, -0.25) is 0 Å². The molecule has 1 N–H and O–H groups in total. The highest BCUT2D eigenvalue weighted by atomic mass is 19.3. The fourth-order valence-electron chi connectivity index (χ4n) is 1.51. The summed E-state index contributed by atoms with van der Waals surface area (Å²) in [6.45, 7) is -2.86. The number of nitrogens with zero attached hydrogens (tertiary/aromatic N) is 2. The standard InChI is InChI=1S/C12H11F2N3O/c1-15-12-16-7-6-9(17-12)8-4-2-3-5-10(8)18-11(13)14/h2-7,11H,1H3,(H,15,16,17). The molecule has 0 spiro atoms. The Bertz CT molecular complexity index is 534.